The van der Waals surface area contributed by atoms with Crippen molar-refractivity contribution in [1.82, 2.24) is 4.90 Å². The van der Waals surface area contributed by atoms with Gasteiger partial charge in [-0.25, -0.2) is 0 Å². The quantitative estimate of drug-likeness (QED) is 0.423. The Bertz CT molecular complexity index is 991. The minimum Gasteiger partial charge on any atom is -0.493 e. The molecule has 30 heavy (non-hydrogen) atoms. The van der Waals surface area contributed by atoms with Crippen LogP contribution in [0.25, 0.3) is 0 Å². The van der Waals surface area contributed by atoms with E-state index >= 15 is 0 Å². The fourth-order valence-corrected chi connectivity index (χ4v) is 3.86. The van der Waals surface area contributed by atoms with E-state index in [1.54, 1.807) is 14.2 Å². The summed E-state index contributed by atoms with van der Waals surface area (Å²) in [4.78, 5) is 15.4. The van der Waals surface area contributed by atoms with Gasteiger partial charge >= 0.3 is 0 Å². The number of carbonyl (C=O) groups is 1. The van der Waals surface area contributed by atoms with Crippen molar-refractivity contribution in [2.75, 3.05) is 14.2 Å². The maximum Gasteiger partial charge on any atom is 0.254 e. The van der Waals surface area contributed by atoms with E-state index < -0.39 is 0 Å². The average molecular weight is 468 g/mol. The van der Waals surface area contributed by atoms with Crippen LogP contribution in [0.3, 0.4) is 0 Å². The van der Waals surface area contributed by atoms with Crippen LogP contribution in [0.2, 0.25) is 0 Å². The number of amides is 1. The third kappa shape index (κ3) is 5.42. The number of nitrogens with zero attached hydrogens (tertiary/aromatic N) is 1. The Morgan fingerprint density at radius 1 is 0.900 bits per heavy atom. The van der Waals surface area contributed by atoms with Crippen molar-refractivity contribution in [1.29, 1.82) is 0 Å². The molecule has 0 fully saturated rings. The maximum atomic E-state index is 13.5. The summed E-state index contributed by atoms with van der Waals surface area (Å²) in [5, 5.41) is 0. The molecule has 0 saturated carbocycles. The van der Waals surface area contributed by atoms with Crippen molar-refractivity contribution < 1.29 is 14.3 Å². The summed E-state index contributed by atoms with van der Waals surface area (Å²) < 4.78 is 11.7. The number of hydrogen-bond donors (Lipinski definition) is 0. The summed E-state index contributed by atoms with van der Waals surface area (Å²) in [6.07, 6.45) is 0.772. The largest absolute Gasteiger partial charge is 0.493 e. The molecule has 3 aromatic carbocycles. The number of halogens is 1. The third-order valence-corrected chi connectivity index (χ3v) is 5.53. The summed E-state index contributed by atoms with van der Waals surface area (Å²) in [5.74, 6) is 1.32. The lowest BCUT2D eigenvalue weighted by molar-refractivity contribution is 0.0675. The average Bonchev–Trinajstić information content (AvgIpc) is 2.77. The molecule has 4 nitrogen and oxygen atoms in total. The van der Waals surface area contributed by atoms with E-state index in [1.807, 2.05) is 65.6 Å². The zero-order valence-corrected chi connectivity index (χ0v) is 19.1. The van der Waals surface area contributed by atoms with E-state index in [1.165, 1.54) is 5.56 Å². The Labute approximate surface area is 186 Å². The first kappa shape index (κ1) is 21.9. The molecule has 1 amide bonds. The highest BCUT2D eigenvalue weighted by Gasteiger charge is 2.23. The van der Waals surface area contributed by atoms with Gasteiger partial charge < -0.3 is 14.4 Å². The number of benzene rings is 3. The van der Waals surface area contributed by atoms with Crippen molar-refractivity contribution in [3.63, 3.8) is 0 Å². The van der Waals surface area contributed by atoms with Crippen molar-refractivity contribution in [3.05, 3.63) is 94.0 Å². The molecule has 0 aliphatic carbocycles. The van der Waals surface area contributed by atoms with Gasteiger partial charge in [-0.05, 0) is 54.8 Å². The lowest BCUT2D eigenvalue weighted by Crippen LogP contribution is -2.39. The highest BCUT2D eigenvalue weighted by atomic mass is 79.9. The molecule has 0 N–H and O–H groups in total. The second-order valence-corrected chi connectivity index (χ2v) is 8.09. The zero-order chi connectivity index (χ0) is 21.5. The number of rotatable bonds is 8. The highest BCUT2D eigenvalue weighted by molar-refractivity contribution is 9.10. The molecule has 0 saturated heterocycles. The normalized spacial score (nSPS) is 11.6. The molecule has 1 atom stereocenters. The summed E-state index contributed by atoms with van der Waals surface area (Å²) in [5.41, 5.74) is 2.84. The Morgan fingerprint density at radius 3 is 2.30 bits per heavy atom. The fraction of sp³-hybridized carbons (Fsp3) is 0.240. The van der Waals surface area contributed by atoms with Crippen LogP contribution in [-0.2, 0) is 13.0 Å². The molecule has 0 heterocycles. The van der Waals surface area contributed by atoms with Crippen LogP contribution in [0.5, 0.6) is 11.5 Å². The molecule has 0 aliphatic rings. The third-order valence-electron chi connectivity index (χ3n) is 5.04. The molecule has 1 unspecified atom stereocenters. The van der Waals surface area contributed by atoms with Crippen LogP contribution >= 0.6 is 15.9 Å². The smallest absolute Gasteiger partial charge is 0.254 e. The van der Waals surface area contributed by atoms with E-state index in [4.69, 9.17) is 9.47 Å². The van der Waals surface area contributed by atoms with Crippen LogP contribution in [0.1, 0.15) is 28.4 Å². The molecule has 0 spiro atoms. The van der Waals surface area contributed by atoms with Crippen molar-refractivity contribution in [2.45, 2.75) is 25.9 Å². The van der Waals surface area contributed by atoms with E-state index in [-0.39, 0.29) is 11.9 Å². The lowest BCUT2D eigenvalue weighted by Gasteiger charge is -2.30. The molecule has 3 aromatic rings. The van der Waals surface area contributed by atoms with Crippen LogP contribution in [0.4, 0.5) is 0 Å². The summed E-state index contributed by atoms with van der Waals surface area (Å²) in [7, 11) is 3.23. The van der Waals surface area contributed by atoms with Gasteiger partial charge in [-0.15, -0.1) is 0 Å². The van der Waals surface area contributed by atoms with Gasteiger partial charge in [0.25, 0.3) is 5.91 Å². The summed E-state index contributed by atoms with van der Waals surface area (Å²) in [6.45, 7) is 2.56. The second kappa shape index (κ2) is 10.3. The highest BCUT2D eigenvalue weighted by Crippen LogP contribution is 2.29. The molecular formula is C25H26BrNO3. The first-order valence-electron chi connectivity index (χ1n) is 9.83. The van der Waals surface area contributed by atoms with Gasteiger partial charge in [0.05, 0.1) is 14.2 Å². The van der Waals surface area contributed by atoms with Crippen molar-refractivity contribution in [2.24, 2.45) is 0 Å². The molecule has 0 bridgehead atoms. The minimum atomic E-state index is -0.00508. The van der Waals surface area contributed by atoms with Crippen LogP contribution in [0, 0.1) is 0 Å². The number of carbonyl (C=O) groups excluding carboxylic acids is 1. The SMILES string of the molecule is COc1ccc(CN(C(=O)c2cccc(Br)c2)C(C)Cc2ccccc2)cc1OC. The standard InChI is InChI=1S/C25H26BrNO3/c1-18(14-19-8-5-4-6-9-19)27(25(28)21-10-7-11-22(26)16-21)17-20-12-13-23(29-2)24(15-20)30-3/h4-13,15-16,18H,14,17H2,1-3H3. The monoisotopic (exact) mass is 467 g/mol. The van der Waals surface area contributed by atoms with E-state index in [0.29, 0.717) is 23.6 Å². The predicted octanol–water partition coefficient (Wildman–Crippen LogP) is 5.74. The first-order valence-corrected chi connectivity index (χ1v) is 10.6. The molecule has 156 valence electrons. The molecular weight excluding hydrogens is 442 g/mol. The van der Waals surface area contributed by atoms with E-state index in [0.717, 1.165) is 16.5 Å². The van der Waals surface area contributed by atoms with Crippen LogP contribution in [-0.4, -0.2) is 31.1 Å². The van der Waals surface area contributed by atoms with E-state index in [2.05, 4.69) is 35.0 Å². The van der Waals surface area contributed by atoms with Gasteiger partial charge in [-0.3, -0.25) is 4.79 Å². The van der Waals surface area contributed by atoms with Gasteiger partial charge in [0.15, 0.2) is 11.5 Å². The molecule has 5 heteroatoms. The van der Waals surface area contributed by atoms with Crippen LogP contribution < -0.4 is 9.47 Å². The molecule has 0 aliphatic heterocycles. The van der Waals surface area contributed by atoms with Gasteiger partial charge in [0.1, 0.15) is 0 Å². The Morgan fingerprint density at radius 2 is 1.63 bits per heavy atom. The Hall–Kier alpha value is -2.79. The fourth-order valence-electron chi connectivity index (χ4n) is 3.46. The van der Waals surface area contributed by atoms with Gasteiger partial charge in [-0.1, -0.05) is 58.4 Å². The minimum absolute atomic E-state index is 0.00508. The second-order valence-electron chi connectivity index (χ2n) is 7.17. The van der Waals surface area contributed by atoms with Crippen molar-refractivity contribution >= 4 is 21.8 Å². The lowest BCUT2D eigenvalue weighted by atomic mass is 10.0. The van der Waals surface area contributed by atoms with Crippen LogP contribution in [0.15, 0.2) is 77.3 Å². The van der Waals surface area contributed by atoms with E-state index in [9.17, 15) is 4.79 Å². The Balaban J connectivity index is 1.91. The van der Waals surface area contributed by atoms with Gasteiger partial charge in [0.2, 0.25) is 0 Å². The zero-order valence-electron chi connectivity index (χ0n) is 17.5. The summed E-state index contributed by atoms with van der Waals surface area (Å²) in [6, 6.07) is 23.5. The Kier molecular flexibility index (Phi) is 7.52. The molecule has 3 rings (SSSR count). The number of hydrogen-bond acceptors (Lipinski definition) is 3. The first-order chi connectivity index (χ1) is 14.5. The van der Waals surface area contributed by atoms with Gasteiger partial charge in [0, 0.05) is 22.6 Å². The van der Waals surface area contributed by atoms with Crippen molar-refractivity contribution in [3.8, 4) is 11.5 Å². The van der Waals surface area contributed by atoms with Gasteiger partial charge in [-0.2, -0.15) is 0 Å². The number of methoxy groups -OCH3 is 2. The summed E-state index contributed by atoms with van der Waals surface area (Å²) >= 11 is 3.47. The molecule has 0 aromatic heterocycles. The maximum absolute atomic E-state index is 13.5. The predicted molar refractivity (Wildman–Crippen MR) is 123 cm³/mol. The molecule has 0 radical (unpaired) electrons. The topological polar surface area (TPSA) is 38.8 Å². The number of ether oxygens (including phenoxy) is 2.